The third kappa shape index (κ3) is 4.46. The largest absolute Gasteiger partial charge is 0.481 e. The average molecular weight is 390 g/mol. The summed E-state index contributed by atoms with van der Waals surface area (Å²) in [6, 6.07) is 0. The lowest BCUT2D eigenvalue weighted by Gasteiger charge is -2.41. The number of carboxylic acids is 2. The first-order valence-corrected chi connectivity index (χ1v) is 8.13. The maximum absolute atomic E-state index is 11.4. The molecule has 0 spiro atoms. The molecule has 11 heteroatoms. The van der Waals surface area contributed by atoms with E-state index in [2.05, 4.69) is 0 Å². The van der Waals surface area contributed by atoms with Crippen LogP contribution in [0.1, 0.15) is 13.3 Å². The summed E-state index contributed by atoms with van der Waals surface area (Å²) in [7, 11) is 0. The second-order valence-electron chi connectivity index (χ2n) is 6.12. The molecule has 0 aliphatic carbocycles. The van der Waals surface area contributed by atoms with Gasteiger partial charge in [-0.05, 0) is 6.92 Å². The first kappa shape index (κ1) is 21.3. The summed E-state index contributed by atoms with van der Waals surface area (Å²) in [5.41, 5.74) is -0.103. The van der Waals surface area contributed by atoms with Gasteiger partial charge in [0.05, 0.1) is 24.9 Å². The van der Waals surface area contributed by atoms with Gasteiger partial charge in [0.2, 0.25) is 6.29 Å². The number of carboxylic acid groups (broad SMARTS) is 2. The van der Waals surface area contributed by atoms with E-state index in [1.54, 1.807) is 0 Å². The van der Waals surface area contributed by atoms with Crippen LogP contribution in [0.15, 0.2) is 23.5 Å². The minimum atomic E-state index is -1.69. The zero-order valence-electron chi connectivity index (χ0n) is 14.3. The van der Waals surface area contributed by atoms with Gasteiger partial charge in [-0.25, -0.2) is 4.79 Å². The minimum Gasteiger partial charge on any atom is -0.481 e. The molecular formula is C16H22O11. The maximum Gasteiger partial charge on any atom is 0.335 e. The van der Waals surface area contributed by atoms with Crippen LogP contribution in [0.5, 0.6) is 0 Å². The third-order valence-electron chi connectivity index (χ3n) is 4.43. The standard InChI is InChI=1S/C16H22O11/c1-2-6-7(3-10(18)19)8(14(23)24)5-25-15(6)27-16-13(22)12(21)11(20)9(4-17)26-16/h2,5,7,9,11-13,15-17,20-22H,3-4H2,1H3,(H,18,19)(H,23,24)/b6-2-. The van der Waals surface area contributed by atoms with Gasteiger partial charge in [-0.2, -0.15) is 0 Å². The SMILES string of the molecule is C/C=C1\C(OC2OC(CO)C(O)C(O)C2O)OC=C(C(=O)O)C1CC(=O)O. The lowest BCUT2D eigenvalue weighted by Crippen LogP contribution is -2.60. The predicted octanol–water partition coefficient (Wildman–Crippen LogP) is -1.84. The molecule has 0 aromatic carbocycles. The van der Waals surface area contributed by atoms with E-state index in [-0.39, 0.29) is 11.1 Å². The van der Waals surface area contributed by atoms with E-state index in [0.29, 0.717) is 0 Å². The zero-order chi connectivity index (χ0) is 20.3. The summed E-state index contributed by atoms with van der Waals surface area (Å²) in [6.07, 6.45) is -7.20. The van der Waals surface area contributed by atoms with Crippen LogP contribution >= 0.6 is 0 Å². The highest BCUT2D eigenvalue weighted by Crippen LogP contribution is 2.35. The maximum atomic E-state index is 11.4. The van der Waals surface area contributed by atoms with Gasteiger partial charge in [-0.1, -0.05) is 6.08 Å². The van der Waals surface area contributed by atoms with Gasteiger partial charge in [-0.3, -0.25) is 4.79 Å². The number of hydrogen-bond acceptors (Lipinski definition) is 9. The van der Waals surface area contributed by atoms with Gasteiger partial charge in [0, 0.05) is 11.5 Å². The lowest BCUT2D eigenvalue weighted by atomic mass is 9.86. The Labute approximate surface area is 153 Å². The van der Waals surface area contributed by atoms with Crippen molar-refractivity contribution in [1.29, 1.82) is 0 Å². The van der Waals surface area contributed by atoms with Crippen LogP contribution in [-0.2, 0) is 23.8 Å². The Balaban J connectivity index is 2.25. The fourth-order valence-electron chi connectivity index (χ4n) is 2.99. The highest BCUT2D eigenvalue weighted by molar-refractivity contribution is 5.89. The van der Waals surface area contributed by atoms with Crippen LogP contribution < -0.4 is 0 Å². The topological polar surface area (TPSA) is 183 Å². The van der Waals surface area contributed by atoms with Crippen molar-refractivity contribution in [3.8, 4) is 0 Å². The van der Waals surface area contributed by atoms with Crippen molar-refractivity contribution in [3.63, 3.8) is 0 Å². The van der Waals surface area contributed by atoms with E-state index in [1.807, 2.05) is 0 Å². The molecule has 0 aromatic rings. The van der Waals surface area contributed by atoms with Gasteiger partial charge in [0.1, 0.15) is 24.4 Å². The summed E-state index contributed by atoms with van der Waals surface area (Å²) in [4.78, 5) is 22.5. The van der Waals surface area contributed by atoms with E-state index in [9.17, 15) is 35.1 Å². The van der Waals surface area contributed by atoms with Crippen LogP contribution in [0.3, 0.4) is 0 Å². The molecule has 6 N–H and O–H groups in total. The molecule has 27 heavy (non-hydrogen) atoms. The summed E-state index contributed by atoms with van der Waals surface area (Å²) in [6.45, 7) is 0.874. The molecule has 11 nitrogen and oxygen atoms in total. The Bertz CT molecular complexity index is 626. The Kier molecular flexibility index (Phi) is 6.92. The van der Waals surface area contributed by atoms with Gasteiger partial charge < -0.3 is 44.8 Å². The molecule has 152 valence electrons. The smallest absolute Gasteiger partial charge is 0.335 e. The van der Waals surface area contributed by atoms with E-state index in [4.69, 9.17) is 19.3 Å². The van der Waals surface area contributed by atoms with E-state index >= 15 is 0 Å². The molecule has 1 saturated heterocycles. The van der Waals surface area contributed by atoms with Crippen LogP contribution in [0.25, 0.3) is 0 Å². The van der Waals surface area contributed by atoms with Crippen molar-refractivity contribution in [2.24, 2.45) is 5.92 Å². The molecule has 7 unspecified atom stereocenters. The van der Waals surface area contributed by atoms with E-state index < -0.39 is 67.9 Å². The van der Waals surface area contributed by atoms with Crippen LogP contribution in [0.2, 0.25) is 0 Å². The number of allylic oxidation sites excluding steroid dienone is 1. The molecule has 0 bridgehead atoms. The first-order chi connectivity index (χ1) is 12.7. The van der Waals surface area contributed by atoms with Crippen molar-refractivity contribution < 1.29 is 54.4 Å². The van der Waals surface area contributed by atoms with Crippen molar-refractivity contribution in [3.05, 3.63) is 23.5 Å². The normalized spacial score (nSPS) is 38.2. The fraction of sp³-hybridized carbons (Fsp3) is 0.625. The quantitative estimate of drug-likeness (QED) is 0.280. The van der Waals surface area contributed by atoms with Crippen LogP contribution in [-0.4, -0.2) is 86.2 Å². The van der Waals surface area contributed by atoms with Crippen molar-refractivity contribution >= 4 is 11.9 Å². The second kappa shape index (κ2) is 8.78. The van der Waals surface area contributed by atoms with Gasteiger partial charge in [0.25, 0.3) is 0 Å². The van der Waals surface area contributed by atoms with Gasteiger partial charge in [0.15, 0.2) is 6.29 Å². The fourth-order valence-corrected chi connectivity index (χ4v) is 2.99. The number of rotatable bonds is 6. The first-order valence-electron chi connectivity index (χ1n) is 8.13. The number of carbonyl (C=O) groups is 2. The monoisotopic (exact) mass is 390 g/mol. The van der Waals surface area contributed by atoms with Gasteiger partial charge in [-0.15, -0.1) is 0 Å². The van der Waals surface area contributed by atoms with Gasteiger partial charge >= 0.3 is 11.9 Å². The Morgan fingerprint density at radius 2 is 1.85 bits per heavy atom. The molecular weight excluding hydrogens is 368 g/mol. The van der Waals surface area contributed by atoms with Crippen molar-refractivity contribution in [1.82, 2.24) is 0 Å². The van der Waals surface area contributed by atoms with Crippen LogP contribution in [0, 0.1) is 5.92 Å². The highest BCUT2D eigenvalue weighted by atomic mass is 16.8. The molecule has 0 amide bonds. The van der Waals surface area contributed by atoms with Crippen LogP contribution in [0.4, 0.5) is 0 Å². The highest BCUT2D eigenvalue weighted by Gasteiger charge is 2.46. The molecule has 1 fully saturated rings. The summed E-state index contributed by atoms with van der Waals surface area (Å²) in [5.74, 6) is -3.64. The number of aliphatic carboxylic acids is 2. The molecule has 2 aliphatic heterocycles. The molecule has 2 aliphatic rings. The number of aliphatic hydroxyl groups is 4. The molecule has 0 saturated carbocycles. The number of aliphatic hydroxyl groups excluding tert-OH is 4. The molecule has 0 radical (unpaired) electrons. The Morgan fingerprint density at radius 3 is 2.37 bits per heavy atom. The third-order valence-corrected chi connectivity index (χ3v) is 4.43. The molecule has 0 aromatic heterocycles. The Morgan fingerprint density at radius 1 is 1.19 bits per heavy atom. The lowest BCUT2D eigenvalue weighted by molar-refractivity contribution is -0.327. The Hall–Kier alpha value is -2.02. The number of ether oxygens (including phenoxy) is 3. The summed E-state index contributed by atoms with van der Waals surface area (Å²) < 4.78 is 15.9. The van der Waals surface area contributed by atoms with E-state index in [1.165, 1.54) is 13.0 Å². The second-order valence-corrected chi connectivity index (χ2v) is 6.12. The summed E-state index contributed by atoms with van der Waals surface area (Å²) in [5, 5.41) is 57.2. The van der Waals surface area contributed by atoms with E-state index in [0.717, 1.165) is 6.26 Å². The average Bonchev–Trinajstić information content (AvgIpc) is 2.61. The summed E-state index contributed by atoms with van der Waals surface area (Å²) >= 11 is 0. The minimum absolute atomic E-state index is 0.175. The predicted molar refractivity (Wildman–Crippen MR) is 84.9 cm³/mol. The zero-order valence-corrected chi connectivity index (χ0v) is 14.3. The van der Waals surface area contributed by atoms with Crippen molar-refractivity contribution in [2.45, 2.75) is 50.3 Å². The molecule has 2 heterocycles. The molecule has 2 rings (SSSR count). The number of hydrogen-bond donors (Lipinski definition) is 6. The van der Waals surface area contributed by atoms with Crippen molar-refractivity contribution in [2.75, 3.05) is 6.61 Å². The molecule has 7 atom stereocenters.